The molecule has 0 unspecified atom stereocenters. The molecule has 2 aromatic carbocycles. The van der Waals surface area contributed by atoms with E-state index in [0.29, 0.717) is 6.61 Å². The quantitative estimate of drug-likeness (QED) is 0.434. The summed E-state index contributed by atoms with van der Waals surface area (Å²) in [4.78, 5) is 11.6. The first kappa shape index (κ1) is 20.8. The number of anilines is 1. The third-order valence-electron chi connectivity index (χ3n) is 6.44. The van der Waals surface area contributed by atoms with Crippen LogP contribution in [0.2, 0.25) is 0 Å². The first-order chi connectivity index (χ1) is 16.8. The summed E-state index contributed by atoms with van der Waals surface area (Å²) in [5.74, 6) is 0. The predicted molar refractivity (Wildman–Crippen MR) is 135 cm³/mol. The zero-order chi connectivity index (χ0) is 22.9. The van der Waals surface area contributed by atoms with E-state index in [0.717, 1.165) is 70.8 Å². The molecule has 0 radical (unpaired) electrons. The molecule has 34 heavy (non-hydrogen) atoms. The molecule has 5 aromatic rings. The lowest BCUT2D eigenvalue weighted by molar-refractivity contribution is 0.181. The van der Waals surface area contributed by atoms with Crippen molar-refractivity contribution in [2.24, 2.45) is 0 Å². The first-order valence-corrected chi connectivity index (χ1v) is 11.6. The minimum absolute atomic E-state index is 0.416. The van der Waals surface area contributed by atoms with Crippen LogP contribution in [0.3, 0.4) is 0 Å². The molecule has 1 saturated heterocycles. The summed E-state index contributed by atoms with van der Waals surface area (Å²) >= 11 is 0. The monoisotopic (exact) mass is 450 g/mol. The molecule has 6 rings (SSSR count). The highest BCUT2D eigenvalue weighted by atomic mass is 16.5. The highest BCUT2D eigenvalue weighted by Crippen LogP contribution is 2.31. The van der Waals surface area contributed by atoms with E-state index >= 15 is 0 Å². The van der Waals surface area contributed by atoms with Crippen molar-refractivity contribution < 1.29 is 4.74 Å². The van der Waals surface area contributed by atoms with Crippen molar-refractivity contribution in [3.05, 3.63) is 78.8 Å². The van der Waals surface area contributed by atoms with Gasteiger partial charge < -0.3 is 15.0 Å². The van der Waals surface area contributed by atoms with Crippen molar-refractivity contribution >= 4 is 22.2 Å². The largest absolute Gasteiger partial charge is 0.378 e. The predicted octanol–water partition coefficient (Wildman–Crippen LogP) is 4.17. The number of nitrogens with zero attached hydrogens (tertiary/aromatic N) is 5. The van der Waals surface area contributed by atoms with E-state index in [-0.39, 0.29) is 0 Å². The zero-order valence-electron chi connectivity index (χ0n) is 19.1. The van der Waals surface area contributed by atoms with Crippen LogP contribution in [0.25, 0.3) is 38.9 Å². The normalized spacial score (nSPS) is 14.2. The molecule has 0 bridgehead atoms. The molecule has 170 valence electrons. The minimum Gasteiger partial charge on any atom is -0.378 e. The fraction of sp³-hybridized carbons (Fsp3) is 0.222. The Morgan fingerprint density at radius 1 is 0.941 bits per heavy atom. The Hall–Kier alpha value is -3.81. The van der Waals surface area contributed by atoms with Crippen LogP contribution in [0.15, 0.2) is 73.1 Å². The van der Waals surface area contributed by atoms with Crippen LogP contribution in [-0.2, 0) is 11.3 Å². The number of aromatic nitrogens is 4. The third-order valence-corrected chi connectivity index (χ3v) is 6.44. The molecular formula is C27H26N6O. The number of rotatable bonds is 5. The van der Waals surface area contributed by atoms with Gasteiger partial charge in [0.1, 0.15) is 0 Å². The van der Waals surface area contributed by atoms with Crippen LogP contribution in [0, 0.1) is 0 Å². The fourth-order valence-corrected chi connectivity index (χ4v) is 4.72. The summed E-state index contributed by atoms with van der Waals surface area (Å²) in [5, 5.41) is 9.47. The number of methoxy groups -OCH3 is 1. The Morgan fingerprint density at radius 2 is 1.76 bits per heavy atom. The van der Waals surface area contributed by atoms with E-state index in [2.05, 4.69) is 51.6 Å². The minimum atomic E-state index is 0.416. The van der Waals surface area contributed by atoms with Gasteiger partial charge in [-0.05, 0) is 35.9 Å². The molecule has 4 heterocycles. The van der Waals surface area contributed by atoms with Gasteiger partial charge in [0.05, 0.1) is 29.7 Å². The smallest absolute Gasteiger partial charge is 0.154 e. The third kappa shape index (κ3) is 3.69. The summed E-state index contributed by atoms with van der Waals surface area (Å²) in [6.45, 7) is 4.52. The molecule has 1 aliphatic rings. The van der Waals surface area contributed by atoms with Crippen molar-refractivity contribution in [1.82, 2.24) is 24.9 Å². The van der Waals surface area contributed by atoms with Crippen LogP contribution >= 0.6 is 0 Å². The van der Waals surface area contributed by atoms with E-state index in [1.165, 1.54) is 5.69 Å². The van der Waals surface area contributed by atoms with Gasteiger partial charge in [0, 0.05) is 61.7 Å². The average molecular weight is 451 g/mol. The number of fused-ring (bicyclic) bond motifs is 2. The molecule has 0 spiro atoms. The number of para-hydroxylation sites is 1. The lowest BCUT2D eigenvalue weighted by atomic mass is 10.0. The Balaban J connectivity index is 1.43. The number of pyridine rings is 1. The molecular weight excluding hydrogens is 424 g/mol. The average Bonchev–Trinajstić information content (AvgIpc) is 3.31. The first-order valence-electron chi connectivity index (χ1n) is 11.6. The maximum Gasteiger partial charge on any atom is 0.154 e. The standard InChI is InChI=1S/C27H26N6O/c1-34-18-25-23(19-6-8-20(9-7-19)32-14-12-28-13-15-32)16-27-30-17-26(33(27)31-25)22-10-11-29-24-5-3-2-4-21(22)24/h2-11,16-17,28H,12-15,18H2,1H3. The number of piperazine rings is 1. The summed E-state index contributed by atoms with van der Waals surface area (Å²) in [6.07, 6.45) is 3.72. The topological polar surface area (TPSA) is 67.6 Å². The number of benzene rings is 2. The Morgan fingerprint density at radius 3 is 2.59 bits per heavy atom. The highest BCUT2D eigenvalue weighted by molar-refractivity contribution is 5.93. The molecule has 3 aromatic heterocycles. The van der Waals surface area contributed by atoms with Gasteiger partial charge in [0.25, 0.3) is 0 Å². The summed E-state index contributed by atoms with van der Waals surface area (Å²) < 4.78 is 7.44. The van der Waals surface area contributed by atoms with E-state index in [1.54, 1.807) is 7.11 Å². The number of ether oxygens (including phenoxy) is 1. The van der Waals surface area contributed by atoms with E-state index in [4.69, 9.17) is 14.8 Å². The Kier molecular flexibility index (Phi) is 5.41. The zero-order valence-corrected chi connectivity index (χ0v) is 19.1. The van der Waals surface area contributed by atoms with E-state index in [9.17, 15) is 0 Å². The number of hydrogen-bond acceptors (Lipinski definition) is 6. The van der Waals surface area contributed by atoms with Crippen molar-refractivity contribution in [1.29, 1.82) is 0 Å². The van der Waals surface area contributed by atoms with E-state index < -0.39 is 0 Å². The van der Waals surface area contributed by atoms with Crippen molar-refractivity contribution in [2.75, 3.05) is 38.2 Å². The van der Waals surface area contributed by atoms with Gasteiger partial charge in [0.15, 0.2) is 5.65 Å². The van der Waals surface area contributed by atoms with Gasteiger partial charge >= 0.3 is 0 Å². The summed E-state index contributed by atoms with van der Waals surface area (Å²) in [6, 6.07) is 21.0. The van der Waals surface area contributed by atoms with Gasteiger partial charge in [-0.2, -0.15) is 5.10 Å². The van der Waals surface area contributed by atoms with Gasteiger partial charge in [-0.3, -0.25) is 4.98 Å². The van der Waals surface area contributed by atoms with Crippen molar-refractivity contribution in [3.8, 4) is 22.4 Å². The molecule has 1 aliphatic heterocycles. The fourth-order valence-electron chi connectivity index (χ4n) is 4.72. The van der Waals surface area contributed by atoms with Crippen LogP contribution in [0.4, 0.5) is 5.69 Å². The maximum atomic E-state index is 5.53. The van der Waals surface area contributed by atoms with Crippen LogP contribution in [-0.4, -0.2) is 52.9 Å². The molecule has 0 atom stereocenters. The summed E-state index contributed by atoms with van der Waals surface area (Å²) in [5.41, 5.74) is 8.03. The lowest BCUT2D eigenvalue weighted by Gasteiger charge is -2.29. The van der Waals surface area contributed by atoms with Crippen LogP contribution in [0.5, 0.6) is 0 Å². The Labute approximate surface area is 198 Å². The van der Waals surface area contributed by atoms with Gasteiger partial charge in [-0.25, -0.2) is 9.50 Å². The molecule has 7 nitrogen and oxygen atoms in total. The molecule has 1 fully saturated rings. The number of nitrogens with one attached hydrogen (secondary N) is 1. The van der Waals surface area contributed by atoms with Gasteiger partial charge in [0.2, 0.25) is 0 Å². The molecule has 0 aliphatic carbocycles. The molecule has 0 amide bonds. The Bertz CT molecular complexity index is 1450. The second-order valence-corrected chi connectivity index (χ2v) is 8.51. The SMILES string of the molecule is COCc1nn2c(-c3ccnc4ccccc34)cnc2cc1-c1ccc(N2CCNCC2)cc1. The lowest BCUT2D eigenvalue weighted by Crippen LogP contribution is -2.43. The van der Waals surface area contributed by atoms with Crippen molar-refractivity contribution in [2.45, 2.75) is 6.61 Å². The molecule has 1 N–H and O–H groups in total. The van der Waals surface area contributed by atoms with Crippen molar-refractivity contribution in [3.63, 3.8) is 0 Å². The van der Waals surface area contributed by atoms with Crippen LogP contribution in [0.1, 0.15) is 5.69 Å². The van der Waals surface area contributed by atoms with Gasteiger partial charge in [-0.15, -0.1) is 0 Å². The maximum absolute atomic E-state index is 5.53. The summed E-state index contributed by atoms with van der Waals surface area (Å²) in [7, 11) is 1.70. The van der Waals surface area contributed by atoms with E-state index in [1.807, 2.05) is 41.2 Å². The van der Waals surface area contributed by atoms with Gasteiger partial charge in [-0.1, -0.05) is 30.3 Å². The molecule has 0 saturated carbocycles. The highest BCUT2D eigenvalue weighted by Gasteiger charge is 2.16. The van der Waals surface area contributed by atoms with Crippen LogP contribution < -0.4 is 10.2 Å². The number of hydrogen-bond donors (Lipinski definition) is 1. The molecule has 7 heteroatoms. The second kappa shape index (κ2) is 8.85. The number of imidazole rings is 1. The second-order valence-electron chi connectivity index (χ2n) is 8.51.